The zero-order chi connectivity index (χ0) is 11.5. The SMILES string of the molecule is CC(C)S(=O)(=O)NCc1cncc(Br)c1. The highest BCUT2D eigenvalue weighted by Crippen LogP contribution is 2.09. The van der Waals surface area contributed by atoms with Crippen molar-refractivity contribution < 1.29 is 8.42 Å². The van der Waals surface area contributed by atoms with Gasteiger partial charge < -0.3 is 0 Å². The lowest BCUT2D eigenvalue weighted by atomic mass is 10.3. The number of hydrogen-bond acceptors (Lipinski definition) is 3. The van der Waals surface area contributed by atoms with Gasteiger partial charge in [0, 0.05) is 23.4 Å². The molecule has 1 N–H and O–H groups in total. The Bertz CT molecular complexity index is 431. The van der Waals surface area contributed by atoms with Gasteiger partial charge in [0.2, 0.25) is 10.0 Å². The molecule has 0 saturated heterocycles. The van der Waals surface area contributed by atoms with E-state index in [1.54, 1.807) is 26.2 Å². The quantitative estimate of drug-likeness (QED) is 0.918. The van der Waals surface area contributed by atoms with E-state index in [4.69, 9.17) is 0 Å². The summed E-state index contributed by atoms with van der Waals surface area (Å²) in [7, 11) is -3.20. The van der Waals surface area contributed by atoms with Crippen LogP contribution in [0.1, 0.15) is 19.4 Å². The fourth-order valence-corrected chi connectivity index (χ4v) is 2.02. The maximum Gasteiger partial charge on any atom is 0.214 e. The Kier molecular flexibility index (Phi) is 4.24. The van der Waals surface area contributed by atoms with Crippen LogP contribution in [0.25, 0.3) is 0 Å². The lowest BCUT2D eigenvalue weighted by Crippen LogP contribution is -2.30. The van der Waals surface area contributed by atoms with Crippen LogP contribution in [0, 0.1) is 0 Å². The molecule has 4 nitrogen and oxygen atoms in total. The van der Waals surface area contributed by atoms with Gasteiger partial charge in [-0.15, -0.1) is 0 Å². The summed E-state index contributed by atoms with van der Waals surface area (Å²) >= 11 is 3.27. The minimum Gasteiger partial charge on any atom is -0.263 e. The molecule has 1 aromatic heterocycles. The summed E-state index contributed by atoms with van der Waals surface area (Å²) in [5.74, 6) is 0. The zero-order valence-electron chi connectivity index (χ0n) is 8.57. The van der Waals surface area contributed by atoms with Crippen molar-refractivity contribution in [2.75, 3.05) is 0 Å². The minimum atomic E-state index is -3.20. The molecular weight excluding hydrogens is 280 g/mol. The molecule has 0 amide bonds. The van der Waals surface area contributed by atoms with Crippen LogP contribution in [0.2, 0.25) is 0 Å². The summed E-state index contributed by atoms with van der Waals surface area (Å²) < 4.78 is 26.2. The van der Waals surface area contributed by atoms with Gasteiger partial charge in [-0.25, -0.2) is 13.1 Å². The van der Waals surface area contributed by atoms with E-state index < -0.39 is 15.3 Å². The van der Waals surface area contributed by atoms with Crippen LogP contribution < -0.4 is 4.72 Å². The second-order valence-corrected chi connectivity index (χ2v) is 6.66. The number of hydrogen-bond donors (Lipinski definition) is 1. The molecule has 0 fully saturated rings. The monoisotopic (exact) mass is 292 g/mol. The van der Waals surface area contributed by atoms with Crippen molar-refractivity contribution in [2.24, 2.45) is 0 Å². The van der Waals surface area contributed by atoms with E-state index in [2.05, 4.69) is 25.6 Å². The fraction of sp³-hybridized carbons (Fsp3) is 0.444. The van der Waals surface area contributed by atoms with Crippen molar-refractivity contribution in [1.29, 1.82) is 0 Å². The maximum absolute atomic E-state index is 11.4. The number of aromatic nitrogens is 1. The highest BCUT2D eigenvalue weighted by Gasteiger charge is 2.14. The van der Waals surface area contributed by atoms with Crippen LogP contribution in [0.15, 0.2) is 22.9 Å². The highest BCUT2D eigenvalue weighted by atomic mass is 79.9. The number of nitrogens with one attached hydrogen (secondary N) is 1. The average Bonchev–Trinajstić information content (AvgIpc) is 2.15. The van der Waals surface area contributed by atoms with Gasteiger partial charge in [-0.05, 0) is 41.4 Å². The Morgan fingerprint density at radius 3 is 2.67 bits per heavy atom. The van der Waals surface area contributed by atoms with Crippen LogP contribution in [-0.2, 0) is 16.6 Å². The lowest BCUT2D eigenvalue weighted by Gasteiger charge is -2.09. The molecule has 0 bridgehead atoms. The van der Waals surface area contributed by atoms with E-state index in [9.17, 15) is 8.42 Å². The van der Waals surface area contributed by atoms with Crippen LogP contribution in [-0.4, -0.2) is 18.7 Å². The summed E-state index contributed by atoms with van der Waals surface area (Å²) in [6.07, 6.45) is 3.29. The summed E-state index contributed by atoms with van der Waals surface area (Å²) in [6.45, 7) is 3.55. The van der Waals surface area contributed by atoms with Gasteiger partial charge >= 0.3 is 0 Å². The van der Waals surface area contributed by atoms with E-state index in [0.29, 0.717) is 0 Å². The van der Waals surface area contributed by atoms with Gasteiger partial charge in [0.05, 0.1) is 5.25 Å². The van der Waals surface area contributed by atoms with E-state index >= 15 is 0 Å². The number of nitrogens with zero attached hydrogens (tertiary/aromatic N) is 1. The molecule has 0 aromatic carbocycles. The average molecular weight is 293 g/mol. The van der Waals surface area contributed by atoms with Gasteiger partial charge in [0.25, 0.3) is 0 Å². The zero-order valence-corrected chi connectivity index (χ0v) is 11.0. The van der Waals surface area contributed by atoms with Crippen molar-refractivity contribution in [3.63, 3.8) is 0 Å². The number of sulfonamides is 1. The smallest absolute Gasteiger partial charge is 0.214 e. The molecular formula is C9H13BrN2O2S. The first-order valence-electron chi connectivity index (χ1n) is 4.50. The topological polar surface area (TPSA) is 59.1 Å². The summed E-state index contributed by atoms with van der Waals surface area (Å²) in [5, 5.41) is -0.419. The Labute approximate surface area is 98.3 Å². The second-order valence-electron chi connectivity index (χ2n) is 3.43. The largest absolute Gasteiger partial charge is 0.263 e. The molecule has 0 radical (unpaired) electrons. The van der Waals surface area contributed by atoms with E-state index in [0.717, 1.165) is 10.0 Å². The predicted octanol–water partition coefficient (Wildman–Crippen LogP) is 1.67. The van der Waals surface area contributed by atoms with Gasteiger partial charge in [-0.1, -0.05) is 0 Å². The molecule has 1 rings (SSSR count). The summed E-state index contributed by atoms with van der Waals surface area (Å²) in [4.78, 5) is 3.95. The normalized spacial score (nSPS) is 12.0. The molecule has 1 aromatic rings. The first kappa shape index (κ1) is 12.6. The van der Waals surface area contributed by atoms with E-state index in [1.807, 2.05) is 6.07 Å². The van der Waals surface area contributed by atoms with Crippen molar-refractivity contribution >= 4 is 26.0 Å². The molecule has 0 spiro atoms. The Balaban J connectivity index is 2.66. The number of rotatable bonds is 4. The third kappa shape index (κ3) is 3.89. The van der Waals surface area contributed by atoms with Gasteiger partial charge in [-0.3, -0.25) is 4.98 Å². The van der Waals surface area contributed by atoms with Crippen LogP contribution >= 0.6 is 15.9 Å². The highest BCUT2D eigenvalue weighted by molar-refractivity contribution is 9.10. The Morgan fingerprint density at radius 2 is 2.13 bits per heavy atom. The van der Waals surface area contributed by atoms with Gasteiger partial charge in [-0.2, -0.15) is 0 Å². The van der Waals surface area contributed by atoms with Crippen molar-refractivity contribution in [2.45, 2.75) is 25.6 Å². The molecule has 15 heavy (non-hydrogen) atoms. The third-order valence-corrected chi connectivity index (χ3v) is 4.08. The minimum absolute atomic E-state index is 0.271. The lowest BCUT2D eigenvalue weighted by molar-refractivity contribution is 0.572. The Hall–Kier alpha value is -0.460. The molecule has 1 heterocycles. The maximum atomic E-state index is 11.4. The standard InChI is InChI=1S/C9H13BrN2O2S/c1-7(2)15(13,14)12-5-8-3-9(10)6-11-4-8/h3-4,6-7,12H,5H2,1-2H3. The van der Waals surface area contributed by atoms with Crippen LogP contribution in [0.5, 0.6) is 0 Å². The molecule has 0 aliphatic carbocycles. The first-order chi connectivity index (χ1) is 6.92. The summed E-state index contributed by atoms with van der Waals surface area (Å²) in [6, 6.07) is 1.83. The van der Waals surface area contributed by atoms with Crippen molar-refractivity contribution in [3.05, 3.63) is 28.5 Å². The molecule has 6 heteroatoms. The van der Waals surface area contributed by atoms with Crippen LogP contribution in [0.4, 0.5) is 0 Å². The van der Waals surface area contributed by atoms with Crippen LogP contribution in [0.3, 0.4) is 0 Å². The summed E-state index contributed by atoms with van der Waals surface area (Å²) in [5.41, 5.74) is 0.827. The first-order valence-corrected chi connectivity index (χ1v) is 6.83. The van der Waals surface area contributed by atoms with E-state index in [1.165, 1.54) is 0 Å². The van der Waals surface area contributed by atoms with Gasteiger partial charge in [0.15, 0.2) is 0 Å². The molecule has 0 atom stereocenters. The van der Waals surface area contributed by atoms with Crippen molar-refractivity contribution in [3.8, 4) is 0 Å². The molecule has 0 aliphatic rings. The second kappa shape index (κ2) is 5.05. The Morgan fingerprint density at radius 1 is 1.47 bits per heavy atom. The van der Waals surface area contributed by atoms with E-state index in [-0.39, 0.29) is 6.54 Å². The third-order valence-electron chi connectivity index (χ3n) is 1.86. The van der Waals surface area contributed by atoms with Gasteiger partial charge in [0.1, 0.15) is 0 Å². The molecule has 0 aliphatic heterocycles. The predicted molar refractivity (Wildman–Crippen MR) is 62.8 cm³/mol. The number of halogens is 1. The molecule has 84 valence electrons. The molecule has 0 unspecified atom stereocenters. The fourth-order valence-electron chi connectivity index (χ4n) is 0.903. The van der Waals surface area contributed by atoms with Crippen molar-refractivity contribution in [1.82, 2.24) is 9.71 Å². The molecule has 0 saturated carbocycles. The number of pyridine rings is 1.